The number of nitrogens with one attached hydrogen (secondary N) is 1. The molecule has 1 aliphatic heterocycles. The molecule has 0 aliphatic carbocycles. The average molecular weight is 262 g/mol. The predicted molar refractivity (Wildman–Crippen MR) is 70.5 cm³/mol. The highest BCUT2D eigenvalue weighted by Gasteiger charge is 2.28. The first-order valence-electron chi connectivity index (χ1n) is 6.44. The van der Waals surface area contributed by atoms with Gasteiger partial charge >= 0.3 is 5.97 Å². The highest BCUT2D eigenvalue weighted by atomic mass is 16.4. The van der Waals surface area contributed by atoms with E-state index in [1.807, 2.05) is 30.3 Å². The Morgan fingerprint density at radius 2 is 2.11 bits per heavy atom. The van der Waals surface area contributed by atoms with Crippen molar-refractivity contribution < 1.29 is 14.7 Å². The molecule has 0 radical (unpaired) electrons. The van der Waals surface area contributed by atoms with Gasteiger partial charge in [-0.25, -0.2) is 0 Å². The first-order chi connectivity index (χ1) is 9.16. The Labute approximate surface area is 112 Å². The molecule has 1 aromatic carbocycles. The zero-order valence-corrected chi connectivity index (χ0v) is 10.7. The zero-order valence-electron chi connectivity index (χ0n) is 10.7. The lowest BCUT2D eigenvalue weighted by molar-refractivity contribution is -0.142. The Morgan fingerprint density at radius 1 is 1.37 bits per heavy atom. The van der Waals surface area contributed by atoms with E-state index in [1.54, 1.807) is 4.90 Å². The average Bonchev–Trinajstić information content (AvgIpc) is 2.55. The first kappa shape index (κ1) is 13.5. The fourth-order valence-corrected chi connectivity index (χ4v) is 2.26. The van der Waals surface area contributed by atoms with Crippen molar-refractivity contribution in [3.8, 4) is 0 Å². The van der Waals surface area contributed by atoms with Crippen molar-refractivity contribution in [1.82, 2.24) is 10.2 Å². The summed E-state index contributed by atoms with van der Waals surface area (Å²) in [7, 11) is 0. The molecule has 1 fully saturated rings. The van der Waals surface area contributed by atoms with Crippen LogP contribution in [0.5, 0.6) is 0 Å². The molecule has 19 heavy (non-hydrogen) atoms. The molecule has 102 valence electrons. The molecule has 2 rings (SSSR count). The van der Waals surface area contributed by atoms with Crippen LogP contribution in [0.2, 0.25) is 0 Å². The van der Waals surface area contributed by atoms with E-state index in [2.05, 4.69) is 5.32 Å². The van der Waals surface area contributed by atoms with E-state index in [4.69, 9.17) is 5.11 Å². The molecule has 0 spiro atoms. The Bertz CT molecular complexity index is 447. The smallest absolute Gasteiger partial charge is 0.305 e. The van der Waals surface area contributed by atoms with Crippen molar-refractivity contribution in [2.24, 2.45) is 0 Å². The molecule has 0 saturated carbocycles. The lowest BCUT2D eigenvalue weighted by atomic mass is 10.1. The summed E-state index contributed by atoms with van der Waals surface area (Å²) in [6, 6.07) is 9.14. The molecule has 0 aromatic heterocycles. The number of hydrogen-bond donors (Lipinski definition) is 2. The lowest BCUT2D eigenvalue weighted by Crippen LogP contribution is -2.44. The van der Waals surface area contributed by atoms with Gasteiger partial charge in [0.15, 0.2) is 0 Å². The van der Waals surface area contributed by atoms with Crippen LogP contribution < -0.4 is 5.32 Å². The van der Waals surface area contributed by atoms with Crippen molar-refractivity contribution in [3.05, 3.63) is 35.9 Å². The summed E-state index contributed by atoms with van der Waals surface area (Å²) in [4.78, 5) is 24.8. The molecular weight excluding hydrogens is 244 g/mol. The Hall–Kier alpha value is -1.88. The fraction of sp³-hybridized carbons (Fsp3) is 0.429. The summed E-state index contributed by atoms with van der Waals surface area (Å²) < 4.78 is 0. The number of amides is 1. The van der Waals surface area contributed by atoms with Gasteiger partial charge in [-0.1, -0.05) is 30.3 Å². The van der Waals surface area contributed by atoms with Crippen molar-refractivity contribution in [1.29, 1.82) is 0 Å². The molecule has 1 amide bonds. The molecule has 0 bridgehead atoms. The van der Waals surface area contributed by atoms with Crippen LogP contribution in [-0.2, 0) is 16.1 Å². The minimum Gasteiger partial charge on any atom is -0.481 e. The van der Waals surface area contributed by atoms with Gasteiger partial charge in [-0.2, -0.15) is 0 Å². The quantitative estimate of drug-likeness (QED) is 0.844. The largest absolute Gasteiger partial charge is 0.481 e. The molecule has 5 nitrogen and oxygen atoms in total. The maximum absolute atomic E-state index is 12.3. The highest BCUT2D eigenvalue weighted by molar-refractivity contribution is 5.86. The molecular formula is C14H18N2O3. The third-order valence-electron chi connectivity index (χ3n) is 3.20. The Morgan fingerprint density at radius 3 is 2.79 bits per heavy atom. The summed E-state index contributed by atoms with van der Waals surface area (Å²) in [6.07, 6.45) is 0.679. The number of aliphatic carboxylic acids is 1. The summed E-state index contributed by atoms with van der Waals surface area (Å²) in [6.45, 7) is 1.88. The van der Waals surface area contributed by atoms with Crippen LogP contribution in [0.4, 0.5) is 0 Å². The van der Waals surface area contributed by atoms with E-state index in [1.165, 1.54) is 0 Å². The third-order valence-corrected chi connectivity index (χ3v) is 3.20. The second kappa shape index (κ2) is 6.33. The topological polar surface area (TPSA) is 69.6 Å². The molecule has 5 heteroatoms. The number of hydrogen-bond acceptors (Lipinski definition) is 3. The standard InChI is InChI=1S/C14H18N2O3/c17-13(18)9-12-14(19)16(8-4-7-15-12)10-11-5-2-1-3-6-11/h1-3,5-6,12,15H,4,7-10H2,(H,17,18). The van der Waals surface area contributed by atoms with E-state index in [-0.39, 0.29) is 12.3 Å². The van der Waals surface area contributed by atoms with Gasteiger partial charge in [-0.05, 0) is 18.5 Å². The number of nitrogens with zero attached hydrogens (tertiary/aromatic N) is 1. The Kier molecular flexibility index (Phi) is 4.52. The van der Waals surface area contributed by atoms with Crippen LogP contribution in [0.15, 0.2) is 30.3 Å². The zero-order chi connectivity index (χ0) is 13.7. The minimum absolute atomic E-state index is 0.122. The first-order valence-corrected chi connectivity index (χ1v) is 6.44. The SMILES string of the molecule is O=C(O)CC1NCCCN(Cc2ccccc2)C1=O. The lowest BCUT2D eigenvalue weighted by Gasteiger charge is -2.23. The van der Waals surface area contributed by atoms with Crippen LogP contribution in [0.25, 0.3) is 0 Å². The summed E-state index contributed by atoms with van der Waals surface area (Å²) in [5, 5.41) is 11.8. The Balaban J connectivity index is 2.06. The maximum Gasteiger partial charge on any atom is 0.305 e. The van der Waals surface area contributed by atoms with Crippen molar-refractivity contribution in [2.45, 2.75) is 25.4 Å². The normalized spacial score (nSPS) is 20.1. The third kappa shape index (κ3) is 3.79. The molecule has 1 atom stereocenters. The summed E-state index contributed by atoms with van der Waals surface area (Å²) in [5.41, 5.74) is 1.06. The van der Waals surface area contributed by atoms with E-state index in [0.29, 0.717) is 19.6 Å². The van der Waals surface area contributed by atoms with Gasteiger partial charge in [0.1, 0.15) is 0 Å². The van der Waals surface area contributed by atoms with E-state index < -0.39 is 12.0 Å². The van der Waals surface area contributed by atoms with Gasteiger partial charge in [-0.15, -0.1) is 0 Å². The summed E-state index contributed by atoms with van der Waals surface area (Å²) >= 11 is 0. The molecule has 1 aromatic rings. The van der Waals surface area contributed by atoms with E-state index in [0.717, 1.165) is 12.0 Å². The second-order valence-electron chi connectivity index (χ2n) is 4.70. The van der Waals surface area contributed by atoms with Crippen molar-refractivity contribution >= 4 is 11.9 Å². The number of rotatable bonds is 4. The monoisotopic (exact) mass is 262 g/mol. The van der Waals surface area contributed by atoms with Crippen LogP contribution in [-0.4, -0.2) is 41.0 Å². The van der Waals surface area contributed by atoms with Crippen molar-refractivity contribution in [3.63, 3.8) is 0 Å². The van der Waals surface area contributed by atoms with Crippen molar-refractivity contribution in [2.75, 3.05) is 13.1 Å². The number of carboxylic acid groups (broad SMARTS) is 1. The van der Waals surface area contributed by atoms with Crippen LogP contribution in [0.1, 0.15) is 18.4 Å². The maximum atomic E-state index is 12.3. The molecule has 1 aliphatic rings. The number of benzene rings is 1. The van der Waals surface area contributed by atoms with Gasteiger partial charge < -0.3 is 15.3 Å². The van der Waals surface area contributed by atoms with Crippen LogP contribution in [0.3, 0.4) is 0 Å². The molecule has 1 unspecified atom stereocenters. The minimum atomic E-state index is -0.951. The predicted octanol–water partition coefficient (Wildman–Crippen LogP) is 0.852. The molecule has 2 N–H and O–H groups in total. The highest BCUT2D eigenvalue weighted by Crippen LogP contribution is 2.11. The van der Waals surface area contributed by atoms with E-state index >= 15 is 0 Å². The second-order valence-corrected chi connectivity index (χ2v) is 4.70. The number of carbonyl (C=O) groups is 2. The molecule has 1 saturated heterocycles. The van der Waals surface area contributed by atoms with Gasteiger partial charge in [0.05, 0.1) is 12.5 Å². The number of carbonyl (C=O) groups excluding carboxylic acids is 1. The van der Waals surface area contributed by atoms with E-state index in [9.17, 15) is 9.59 Å². The van der Waals surface area contributed by atoms with Gasteiger partial charge in [0, 0.05) is 13.1 Å². The fourth-order valence-electron chi connectivity index (χ4n) is 2.26. The van der Waals surface area contributed by atoms with Gasteiger partial charge in [0.25, 0.3) is 0 Å². The van der Waals surface area contributed by atoms with Crippen LogP contribution >= 0.6 is 0 Å². The van der Waals surface area contributed by atoms with Gasteiger partial charge in [0.2, 0.25) is 5.91 Å². The molecule has 1 heterocycles. The number of carboxylic acids is 1. The summed E-state index contributed by atoms with van der Waals surface area (Å²) in [5.74, 6) is -1.07. The van der Waals surface area contributed by atoms with Gasteiger partial charge in [-0.3, -0.25) is 9.59 Å². The van der Waals surface area contributed by atoms with Crippen LogP contribution in [0, 0.1) is 0 Å².